The molecule has 1 aromatic rings. The average molecular weight is 270 g/mol. The highest BCUT2D eigenvalue weighted by Gasteiger charge is 2.48. The summed E-state index contributed by atoms with van der Waals surface area (Å²) in [6.07, 6.45) is 0. The first-order valence-electron chi connectivity index (χ1n) is 4.04. The topological polar surface area (TPSA) is 77.3 Å². The zero-order valence-electron chi connectivity index (χ0n) is 7.27. The maximum absolute atomic E-state index is 11.6. The van der Waals surface area contributed by atoms with E-state index in [9.17, 15) is 19.7 Å². The molecule has 15 heavy (non-hydrogen) atoms. The van der Waals surface area contributed by atoms with Gasteiger partial charge in [-0.3, -0.25) is 19.7 Å². The van der Waals surface area contributed by atoms with Gasteiger partial charge in [0, 0.05) is 15.0 Å². The number of carbonyl (C=O) groups excluding carboxylic acids is 2. The third-order valence-electron chi connectivity index (χ3n) is 2.23. The van der Waals surface area contributed by atoms with Gasteiger partial charge in [0.05, 0.1) is 5.56 Å². The Morgan fingerprint density at radius 1 is 1.27 bits per heavy atom. The number of fused-ring (bicyclic) bond motifs is 1. The molecule has 76 valence electrons. The highest BCUT2D eigenvalue weighted by atomic mass is 79.9. The molecule has 0 saturated carbocycles. The molecule has 1 unspecified atom stereocenters. The van der Waals surface area contributed by atoms with Crippen molar-refractivity contribution >= 4 is 27.5 Å². The van der Waals surface area contributed by atoms with Crippen LogP contribution in [0.15, 0.2) is 22.7 Å². The first kappa shape index (κ1) is 9.97. The molecule has 2 rings (SSSR count). The predicted molar refractivity (Wildman–Crippen MR) is 53.6 cm³/mol. The van der Waals surface area contributed by atoms with Crippen LogP contribution >= 0.6 is 15.9 Å². The molecule has 0 aromatic heterocycles. The Morgan fingerprint density at radius 2 is 1.93 bits per heavy atom. The summed E-state index contributed by atoms with van der Waals surface area (Å²) >= 11 is 3.10. The van der Waals surface area contributed by atoms with Gasteiger partial charge in [0.1, 0.15) is 0 Å². The number of hydrogen-bond acceptors (Lipinski definition) is 4. The number of rotatable bonds is 1. The molecule has 1 aliphatic carbocycles. The lowest BCUT2D eigenvalue weighted by atomic mass is 10.1. The Bertz CT molecular complexity index is 497. The van der Waals surface area contributed by atoms with Crippen LogP contribution in [0.1, 0.15) is 20.7 Å². The van der Waals surface area contributed by atoms with Gasteiger partial charge in [0.25, 0.3) is 0 Å². The van der Waals surface area contributed by atoms with Gasteiger partial charge >= 0.3 is 6.04 Å². The minimum absolute atomic E-state index is 0.115. The van der Waals surface area contributed by atoms with Crippen molar-refractivity contribution in [1.82, 2.24) is 0 Å². The smallest absolute Gasteiger partial charge is 0.286 e. The summed E-state index contributed by atoms with van der Waals surface area (Å²) in [7, 11) is 0. The lowest BCUT2D eigenvalue weighted by molar-refractivity contribution is -0.488. The third kappa shape index (κ3) is 1.29. The summed E-state index contributed by atoms with van der Waals surface area (Å²) in [4.78, 5) is 32.8. The lowest BCUT2D eigenvalue weighted by Gasteiger charge is -1.96. The fourth-order valence-electron chi connectivity index (χ4n) is 1.57. The van der Waals surface area contributed by atoms with E-state index in [0.717, 1.165) is 0 Å². The summed E-state index contributed by atoms with van der Waals surface area (Å²) < 4.78 is 0.419. The van der Waals surface area contributed by atoms with E-state index in [-0.39, 0.29) is 11.1 Å². The Balaban J connectivity index is 2.66. The molecule has 0 aliphatic heterocycles. The van der Waals surface area contributed by atoms with Gasteiger partial charge in [-0.2, -0.15) is 0 Å². The van der Waals surface area contributed by atoms with Crippen molar-refractivity contribution in [2.24, 2.45) is 0 Å². The molecule has 0 N–H and O–H groups in total. The number of ketones is 2. The van der Waals surface area contributed by atoms with E-state index in [1.54, 1.807) is 12.1 Å². The van der Waals surface area contributed by atoms with Gasteiger partial charge in [0.15, 0.2) is 0 Å². The van der Waals surface area contributed by atoms with Gasteiger partial charge in [0.2, 0.25) is 11.6 Å². The van der Waals surface area contributed by atoms with Crippen LogP contribution in [0.4, 0.5) is 0 Å². The predicted octanol–water partition coefficient (Wildman–Crippen LogP) is 1.47. The molecule has 1 aromatic carbocycles. The Kier molecular flexibility index (Phi) is 2.15. The minimum atomic E-state index is -1.77. The number of Topliss-reactive ketones (excluding diaryl/α,β-unsaturated/α-hetero) is 2. The molecular weight excluding hydrogens is 266 g/mol. The van der Waals surface area contributed by atoms with Crippen molar-refractivity contribution in [3.05, 3.63) is 43.9 Å². The van der Waals surface area contributed by atoms with E-state index in [2.05, 4.69) is 15.9 Å². The second kappa shape index (κ2) is 3.23. The van der Waals surface area contributed by atoms with Gasteiger partial charge < -0.3 is 0 Å². The van der Waals surface area contributed by atoms with Gasteiger partial charge in [-0.15, -0.1) is 0 Å². The number of benzene rings is 1. The summed E-state index contributed by atoms with van der Waals surface area (Å²) in [6.45, 7) is 0. The molecule has 0 heterocycles. The molecule has 0 saturated heterocycles. The zero-order chi connectivity index (χ0) is 11.2. The summed E-state index contributed by atoms with van der Waals surface area (Å²) in [5, 5.41) is 10.6. The molecule has 5 nitrogen and oxygen atoms in total. The van der Waals surface area contributed by atoms with Crippen LogP contribution in [0.2, 0.25) is 0 Å². The molecule has 0 bridgehead atoms. The normalized spacial score (nSPS) is 19.1. The van der Waals surface area contributed by atoms with Crippen molar-refractivity contribution in [3.8, 4) is 0 Å². The van der Waals surface area contributed by atoms with Gasteiger partial charge in [-0.05, 0) is 6.07 Å². The molecule has 6 heteroatoms. The van der Waals surface area contributed by atoms with E-state index in [4.69, 9.17) is 0 Å². The standard InChI is InChI=1S/C9H4BrNO4/c10-5-3-1-2-4-6(5)9(13)7(8(4)12)11(14)15/h1-3,7H. The van der Waals surface area contributed by atoms with Crippen LogP contribution in [0, 0.1) is 10.1 Å². The van der Waals surface area contributed by atoms with E-state index in [0.29, 0.717) is 4.47 Å². The summed E-state index contributed by atoms with van der Waals surface area (Å²) in [5.74, 6) is -1.48. The van der Waals surface area contributed by atoms with E-state index in [1.165, 1.54) is 6.07 Å². The molecule has 0 spiro atoms. The summed E-state index contributed by atoms with van der Waals surface area (Å²) in [5.41, 5.74) is 0.236. The SMILES string of the molecule is O=C1c2cccc(Br)c2C(=O)C1[N+](=O)[O-]. The molecule has 0 fully saturated rings. The van der Waals surface area contributed by atoms with Crippen molar-refractivity contribution in [2.75, 3.05) is 0 Å². The number of nitro groups is 1. The number of halogens is 1. The summed E-state index contributed by atoms with van der Waals surface area (Å²) in [6, 6.07) is 2.80. The molecule has 0 amide bonds. The third-order valence-corrected chi connectivity index (χ3v) is 2.89. The van der Waals surface area contributed by atoms with E-state index in [1.807, 2.05) is 0 Å². The average Bonchev–Trinajstić information content (AvgIpc) is 2.40. The van der Waals surface area contributed by atoms with Crippen molar-refractivity contribution in [2.45, 2.75) is 6.04 Å². The van der Waals surface area contributed by atoms with E-state index >= 15 is 0 Å². The quantitative estimate of drug-likeness (QED) is 0.440. The van der Waals surface area contributed by atoms with E-state index < -0.39 is 22.5 Å². The fraction of sp³-hybridized carbons (Fsp3) is 0.111. The van der Waals surface area contributed by atoms with Crippen LogP contribution in [-0.2, 0) is 0 Å². The monoisotopic (exact) mass is 269 g/mol. The maximum atomic E-state index is 11.6. The van der Waals surface area contributed by atoms with Crippen LogP contribution in [0.25, 0.3) is 0 Å². The number of carbonyl (C=O) groups is 2. The largest absolute Gasteiger partial charge is 0.336 e. The molecule has 0 radical (unpaired) electrons. The van der Waals surface area contributed by atoms with Crippen LogP contribution < -0.4 is 0 Å². The Hall–Kier alpha value is -1.56. The Morgan fingerprint density at radius 3 is 2.47 bits per heavy atom. The highest BCUT2D eigenvalue weighted by molar-refractivity contribution is 9.10. The molecule has 1 aliphatic rings. The van der Waals surface area contributed by atoms with Crippen LogP contribution in [0.5, 0.6) is 0 Å². The minimum Gasteiger partial charge on any atom is -0.286 e. The zero-order valence-corrected chi connectivity index (χ0v) is 8.85. The van der Waals surface area contributed by atoms with Crippen LogP contribution in [0.3, 0.4) is 0 Å². The second-order valence-electron chi connectivity index (χ2n) is 3.08. The number of hydrogen-bond donors (Lipinski definition) is 0. The van der Waals surface area contributed by atoms with Crippen molar-refractivity contribution in [1.29, 1.82) is 0 Å². The number of nitrogens with zero attached hydrogens (tertiary/aromatic N) is 1. The fourth-order valence-corrected chi connectivity index (χ4v) is 2.14. The molecule has 1 atom stereocenters. The highest BCUT2D eigenvalue weighted by Crippen LogP contribution is 2.30. The first-order chi connectivity index (χ1) is 7.04. The molecular formula is C9H4BrNO4. The maximum Gasteiger partial charge on any atom is 0.336 e. The van der Waals surface area contributed by atoms with Crippen molar-refractivity contribution in [3.63, 3.8) is 0 Å². The van der Waals surface area contributed by atoms with Crippen LogP contribution in [-0.4, -0.2) is 22.5 Å². The Labute approximate surface area is 92.4 Å². The van der Waals surface area contributed by atoms with Crippen molar-refractivity contribution < 1.29 is 14.5 Å². The second-order valence-corrected chi connectivity index (χ2v) is 3.93. The van der Waals surface area contributed by atoms with Gasteiger partial charge in [-0.25, -0.2) is 0 Å². The lowest BCUT2D eigenvalue weighted by Crippen LogP contribution is -2.31. The first-order valence-corrected chi connectivity index (χ1v) is 4.83. The van der Waals surface area contributed by atoms with Gasteiger partial charge in [-0.1, -0.05) is 28.1 Å².